The third-order valence-corrected chi connectivity index (χ3v) is 3.70. The lowest BCUT2D eigenvalue weighted by atomic mass is 10.1. The number of H-pyrrole nitrogens is 1. The number of nitrogens with one attached hydrogen (secondary N) is 1. The molecule has 2 aromatic rings. The highest BCUT2D eigenvalue weighted by molar-refractivity contribution is 5.85. The summed E-state index contributed by atoms with van der Waals surface area (Å²) in [5.74, 6) is -1.75. The molecule has 0 saturated carbocycles. The first-order chi connectivity index (χ1) is 12.2. The molecule has 9 heteroatoms. The van der Waals surface area contributed by atoms with Crippen molar-refractivity contribution in [1.29, 1.82) is 0 Å². The van der Waals surface area contributed by atoms with Crippen LogP contribution in [0.4, 0.5) is 0 Å². The molecule has 0 radical (unpaired) electrons. The van der Waals surface area contributed by atoms with Crippen molar-refractivity contribution in [2.75, 3.05) is 0 Å². The number of aromatic nitrogens is 2. The molecule has 1 heterocycles. The van der Waals surface area contributed by atoms with E-state index in [1.807, 2.05) is 0 Å². The van der Waals surface area contributed by atoms with Gasteiger partial charge >= 0.3 is 11.7 Å². The van der Waals surface area contributed by atoms with Crippen molar-refractivity contribution in [2.24, 2.45) is 4.99 Å². The molecule has 138 valence electrons. The van der Waals surface area contributed by atoms with Crippen LogP contribution in [0.2, 0.25) is 0 Å². The van der Waals surface area contributed by atoms with Crippen LogP contribution in [0.1, 0.15) is 31.0 Å². The van der Waals surface area contributed by atoms with Crippen LogP contribution >= 0.6 is 0 Å². The summed E-state index contributed by atoms with van der Waals surface area (Å²) < 4.78 is 0.971. The number of nitrogens with zero attached hydrogens (tertiary/aromatic N) is 2. The van der Waals surface area contributed by atoms with Crippen LogP contribution < -0.4 is 11.2 Å². The molecule has 2 rings (SSSR count). The summed E-state index contributed by atoms with van der Waals surface area (Å²) in [6, 6.07) is 4.34. The van der Waals surface area contributed by atoms with Crippen LogP contribution in [-0.2, 0) is 11.2 Å². The number of aromatic hydroxyl groups is 2. The van der Waals surface area contributed by atoms with Gasteiger partial charge in [-0.25, -0.2) is 9.59 Å². The SMILES string of the molecule is CC(C)n1c(O)c(C=N[C@H](Cc2ccc(O)cc2)C(=O)O)c(=O)[nH]c1=O. The molecule has 1 aromatic carbocycles. The normalized spacial score (nSPS) is 12.6. The molecule has 26 heavy (non-hydrogen) atoms. The van der Waals surface area contributed by atoms with E-state index < -0.39 is 35.2 Å². The first kappa shape index (κ1) is 19.0. The fraction of sp³-hybridized carbons (Fsp3) is 0.294. The van der Waals surface area contributed by atoms with Crippen molar-refractivity contribution in [3.8, 4) is 11.6 Å². The third-order valence-electron chi connectivity index (χ3n) is 3.70. The van der Waals surface area contributed by atoms with E-state index >= 15 is 0 Å². The van der Waals surface area contributed by atoms with Crippen LogP contribution in [0.5, 0.6) is 11.6 Å². The number of aliphatic carboxylic acids is 1. The molecule has 9 nitrogen and oxygen atoms in total. The van der Waals surface area contributed by atoms with E-state index in [1.165, 1.54) is 12.1 Å². The molecule has 0 amide bonds. The fourth-order valence-corrected chi connectivity index (χ4v) is 2.37. The molecule has 0 fully saturated rings. The van der Waals surface area contributed by atoms with Crippen molar-refractivity contribution in [3.05, 3.63) is 56.2 Å². The van der Waals surface area contributed by atoms with Gasteiger partial charge in [-0.1, -0.05) is 12.1 Å². The minimum atomic E-state index is -1.22. The Hall–Kier alpha value is -3.36. The van der Waals surface area contributed by atoms with Crippen LogP contribution in [-0.4, -0.2) is 43.1 Å². The summed E-state index contributed by atoms with van der Waals surface area (Å²) in [6.07, 6.45) is 0.973. The average molecular weight is 361 g/mol. The van der Waals surface area contributed by atoms with Gasteiger partial charge < -0.3 is 15.3 Å². The smallest absolute Gasteiger partial charge is 0.331 e. The van der Waals surface area contributed by atoms with Gasteiger partial charge in [0.1, 0.15) is 11.3 Å². The molecular formula is C17H19N3O6. The lowest BCUT2D eigenvalue weighted by molar-refractivity contribution is -0.138. The Morgan fingerprint density at radius 1 is 1.23 bits per heavy atom. The van der Waals surface area contributed by atoms with Crippen molar-refractivity contribution in [3.63, 3.8) is 0 Å². The number of benzene rings is 1. The molecule has 0 aliphatic rings. The minimum Gasteiger partial charge on any atom is -0.508 e. The maximum Gasteiger partial charge on any atom is 0.331 e. The number of carboxylic acids is 1. The summed E-state index contributed by atoms with van der Waals surface area (Å²) in [5, 5.41) is 28.8. The Morgan fingerprint density at radius 3 is 2.38 bits per heavy atom. The molecule has 0 bridgehead atoms. The van der Waals surface area contributed by atoms with Gasteiger partial charge in [0.05, 0.1) is 0 Å². The number of rotatable bonds is 6. The highest BCUT2D eigenvalue weighted by atomic mass is 16.4. The van der Waals surface area contributed by atoms with Gasteiger partial charge in [0.2, 0.25) is 5.88 Å². The number of aliphatic imine (C=N–C) groups is 1. The van der Waals surface area contributed by atoms with Crippen LogP contribution in [0.3, 0.4) is 0 Å². The summed E-state index contributed by atoms with van der Waals surface area (Å²) in [5.41, 5.74) is -1.30. The van der Waals surface area contributed by atoms with Gasteiger partial charge in [-0.15, -0.1) is 0 Å². The fourth-order valence-electron chi connectivity index (χ4n) is 2.37. The van der Waals surface area contributed by atoms with Gasteiger partial charge in [-0.05, 0) is 31.5 Å². The van der Waals surface area contributed by atoms with Crippen LogP contribution in [0, 0.1) is 0 Å². The van der Waals surface area contributed by atoms with Crippen molar-refractivity contribution >= 4 is 12.2 Å². The van der Waals surface area contributed by atoms with Gasteiger partial charge in [0.15, 0.2) is 6.04 Å². The molecule has 1 atom stereocenters. The molecule has 0 spiro atoms. The Labute approximate surface area is 147 Å². The van der Waals surface area contributed by atoms with E-state index in [1.54, 1.807) is 26.0 Å². The monoisotopic (exact) mass is 361 g/mol. The van der Waals surface area contributed by atoms with Crippen LogP contribution in [0.25, 0.3) is 0 Å². The largest absolute Gasteiger partial charge is 0.508 e. The maximum absolute atomic E-state index is 11.9. The van der Waals surface area contributed by atoms with Crippen molar-refractivity contribution in [2.45, 2.75) is 32.4 Å². The second kappa shape index (κ2) is 7.68. The standard InChI is InChI=1S/C17H19N3O6/c1-9(2)20-15(23)12(14(22)19-17(20)26)8-18-13(16(24)25)7-10-3-5-11(21)6-4-10/h3-6,8-9,13,21,23H,7H2,1-2H3,(H,24,25)(H,19,22,26)/t13-/m1/s1. The predicted molar refractivity (Wildman–Crippen MR) is 94.2 cm³/mol. The van der Waals surface area contributed by atoms with E-state index in [9.17, 15) is 29.7 Å². The van der Waals surface area contributed by atoms with E-state index in [0.717, 1.165) is 10.8 Å². The third kappa shape index (κ3) is 4.18. The average Bonchev–Trinajstić information content (AvgIpc) is 2.54. The molecule has 1 aromatic heterocycles. The number of hydrogen-bond acceptors (Lipinski definition) is 6. The quantitative estimate of drug-likeness (QED) is 0.556. The highest BCUT2D eigenvalue weighted by Gasteiger charge is 2.19. The summed E-state index contributed by atoms with van der Waals surface area (Å²) >= 11 is 0. The highest BCUT2D eigenvalue weighted by Crippen LogP contribution is 2.15. The number of aromatic amines is 1. The number of carbonyl (C=O) groups is 1. The summed E-state index contributed by atoms with van der Waals surface area (Å²) in [4.78, 5) is 41.0. The number of carboxylic acid groups (broad SMARTS) is 1. The first-order valence-electron chi connectivity index (χ1n) is 7.82. The Kier molecular flexibility index (Phi) is 5.61. The Balaban J connectivity index is 2.37. The lowest BCUT2D eigenvalue weighted by Gasteiger charge is -2.13. The number of phenols is 1. The van der Waals surface area contributed by atoms with E-state index in [4.69, 9.17) is 0 Å². The summed E-state index contributed by atoms with van der Waals surface area (Å²) in [6.45, 7) is 3.29. The molecular weight excluding hydrogens is 342 g/mol. The lowest BCUT2D eigenvalue weighted by Crippen LogP contribution is -2.33. The molecule has 0 aliphatic heterocycles. The molecule has 0 saturated heterocycles. The number of phenolic OH excluding ortho intramolecular Hbond substituents is 1. The van der Waals surface area contributed by atoms with Gasteiger partial charge in [0.25, 0.3) is 5.56 Å². The Morgan fingerprint density at radius 2 is 1.85 bits per heavy atom. The summed E-state index contributed by atoms with van der Waals surface area (Å²) in [7, 11) is 0. The number of hydrogen-bond donors (Lipinski definition) is 4. The maximum atomic E-state index is 11.9. The molecule has 0 aliphatic carbocycles. The first-order valence-corrected chi connectivity index (χ1v) is 7.82. The zero-order valence-electron chi connectivity index (χ0n) is 14.2. The Bertz CT molecular complexity index is 940. The molecule has 4 N–H and O–H groups in total. The predicted octanol–water partition coefficient (Wildman–Crippen LogP) is 0.643. The van der Waals surface area contributed by atoms with Gasteiger partial charge in [0, 0.05) is 18.7 Å². The van der Waals surface area contributed by atoms with Crippen molar-refractivity contribution in [1.82, 2.24) is 9.55 Å². The zero-order chi connectivity index (χ0) is 19.4. The molecule has 0 unspecified atom stereocenters. The van der Waals surface area contributed by atoms with E-state index in [-0.39, 0.29) is 17.7 Å². The van der Waals surface area contributed by atoms with Gasteiger partial charge in [-0.2, -0.15) is 0 Å². The minimum absolute atomic E-state index is 0.0224. The van der Waals surface area contributed by atoms with Crippen molar-refractivity contribution < 1.29 is 20.1 Å². The topological polar surface area (TPSA) is 145 Å². The van der Waals surface area contributed by atoms with E-state index in [2.05, 4.69) is 9.98 Å². The van der Waals surface area contributed by atoms with E-state index in [0.29, 0.717) is 5.56 Å². The second-order valence-electron chi connectivity index (χ2n) is 5.96. The second-order valence-corrected chi connectivity index (χ2v) is 5.96. The van der Waals surface area contributed by atoms with Gasteiger partial charge in [-0.3, -0.25) is 19.3 Å². The zero-order valence-corrected chi connectivity index (χ0v) is 14.2. The van der Waals surface area contributed by atoms with Crippen LogP contribution in [0.15, 0.2) is 38.8 Å².